The number of carbonyl (C=O) groups excluding carboxylic acids is 1. The zero-order valence-electron chi connectivity index (χ0n) is 15.6. The lowest BCUT2D eigenvalue weighted by molar-refractivity contribution is -0.384. The fraction of sp³-hybridized carbons (Fsp3) is 0.158. The van der Waals surface area contributed by atoms with E-state index in [0.717, 1.165) is 6.07 Å². The minimum Gasteiger partial charge on any atom is -0.497 e. The van der Waals surface area contributed by atoms with Gasteiger partial charge in [0.1, 0.15) is 11.6 Å². The highest BCUT2D eigenvalue weighted by Gasteiger charge is 2.29. The molecule has 1 unspecified atom stereocenters. The van der Waals surface area contributed by atoms with Gasteiger partial charge in [0.05, 0.1) is 45.5 Å². The van der Waals surface area contributed by atoms with Crippen LogP contribution in [-0.4, -0.2) is 31.9 Å². The van der Waals surface area contributed by atoms with Gasteiger partial charge in [-0.3, -0.25) is 19.1 Å². The van der Waals surface area contributed by atoms with E-state index in [2.05, 4.69) is 10.4 Å². The Hall–Kier alpha value is -3.24. The predicted octanol–water partition coefficient (Wildman–Crippen LogP) is 3.46. The van der Waals surface area contributed by atoms with Crippen LogP contribution in [0.3, 0.4) is 0 Å². The van der Waals surface area contributed by atoms with Crippen LogP contribution in [0.2, 0.25) is 5.02 Å². The zero-order valence-corrected chi connectivity index (χ0v) is 17.2. The number of rotatable bonds is 5. The number of nitro groups is 1. The number of methoxy groups -OCH3 is 1. The van der Waals surface area contributed by atoms with E-state index in [9.17, 15) is 19.1 Å². The molecule has 11 heteroatoms. The molecule has 2 heterocycles. The van der Waals surface area contributed by atoms with Gasteiger partial charge in [0, 0.05) is 28.5 Å². The summed E-state index contributed by atoms with van der Waals surface area (Å²) in [4.78, 5) is 23.4. The number of non-ortho nitro benzene ring substituents is 1. The maximum Gasteiger partial charge on any atom is 0.270 e. The number of halogens is 1. The summed E-state index contributed by atoms with van der Waals surface area (Å²) in [5, 5.41) is 18.4. The number of fused-ring (bicyclic) bond motifs is 1. The first-order valence-corrected chi connectivity index (χ1v) is 10.6. The highest BCUT2D eigenvalue weighted by Crippen LogP contribution is 2.33. The number of anilines is 1. The van der Waals surface area contributed by atoms with Gasteiger partial charge in [0.15, 0.2) is 0 Å². The summed E-state index contributed by atoms with van der Waals surface area (Å²) >= 11 is 6.10. The van der Waals surface area contributed by atoms with Crippen molar-refractivity contribution in [3.63, 3.8) is 0 Å². The number of hydrogen-bond donors (Lipinski definition) is 1. The zero-order chi connectivity index (χ0) is 21.4. The van der Waals surface area contributed by atoms with Gasteiger partial charge in [-0.2, -0.15) is 5.10 Å². The van der Waals surface area contributed by atoms with Crippen LogP contribution >= 0.6 is 11.6 Å². The summed E-state index contributed by atoms with van der Waals surface area (Å²) in [6, 6.07) is 10.7. The molecule has 1 aliphatic rings. The molecule has 1 aliphatic heterocycles. The van der Waals surface area contributed by atoms with Crippen LogP contribution < -0.4 is 10.1 Å². The lowest BCUT2D eigenvalue weighted by Gasteiger charge is -2.12. The van der Waals surface area contributed by atoms with Crippen molar-refractivity contribution in [2.45, 2.75) is 11.5 Å². The number of ether oxygens (including phenoxy) is 1. The van der Waals surface area contributed by atoms with Crippen LogP contribution in [0, 0.1) is 10.1 Å². The molecule has 1 atom stereocenters. The first-order valence-electron chi connectivity index (χ1n) is 8.73. The summed E-state index contributed by atoms with van der Waals surface area (Å²) in [6.45, 7) is 0. The van der Waals surface area contributed by atoms with Gasteiger partial charge in [0.25, 0.3) is 11.6 Å². The quantitative estimate of drug-likeness (QED) is 0.474. The third-order valence-corrected chi connectivity index (χ3v) is 6.16. The van der Waals surface area contributed by atoms with Crippen LogP contribution in [0.25, 0.3) is 5.69 Å². The molecule has 0 saturated carbocycles. The Labute approximate surface area is 178 Å². The van der Waals surface area contributed by atoms with Crippen molar-refractivity contribution < 1.29 is 18.7 Å². The van der Waals surface area contributed by atoms with Crippen LogP contribution in [0.1, 0.15) is 21.6 Å². The normalized spacial score (nSPS) is 14.9. The largest absolute Gasteiger partial charge is 0.497 e. The van der Waals surface area contributed by atoms with Crippen LogP contribution in [0.4, 0.5) is 11.5 Å². The Balaban J connectivity index is 1.75. The number of nitrogens with zero attached hydrogens (tertiary/aromatic N) is 3. The molecule has 9 nitrogen and oxygen atoms in total. The van der Waals surface area contributed by atoms with E-state index in [0.29, 0.717) is 34.3 Å². The van der Waals surface area contributed by atoms with E-state index >= 15 is 0 Å². The minimum absolute atomic E-state index is 0.0405. The second-order valence-electron chi connectivity index (χ2n) is 6.49. The van der Waals surface area contributed by atoms with Crippen LogP contribution in [0.15, 0.2) is 42.5 Å². The Morgan fingerprint density at radius 2 is 2.00 bits per heavy atom. The molecule has 0 radical (unpaired) electrons. The Morgan fingerprint density at radius 3 is 2.67 bits per heavy atom. The van der Waals surface area contributed by atoms with Crippen molar-refractivity contribution in [2.24, 2.45) is 0 Å². The first kappa shape index (κ1) is 20.0. The number of carbonyl (C=O) groups is 1. The summed E-state index contributed by atoms with van der Waals surface area (Å²) in [5.74, 6) is 0.934. The van der Waals surface area contributed by atoms with Crippen molar-refractivity contribution in [1.29, 1.82) is 0 Å². The predicted molar refractivity (Wildman–Crippen MR) is 112 cm³/mol. The highest BCUT2D eigenvalue weighted by molar-refractivity contribution is 7.83. The minimum atomic E-state index is -1.10. The lowest BCUT2D eigenvalue weighted by Crippen LogP contribution is -2.17. The Morgan fingerprint density at radius 1 is 1.27 bits per heavy atom. The molecule has 3 aromatic rings. The summed E-state index contributed by atoms with van der Waals surface area (Å²) < 4.78 is 18.7. The number of nitrogens with one attached hydrogen (secondary N) is 1. The van der Waals surface area contributed by atoms with Gasteiger partial charge < -0.3 is 10.1 Å². The van der Waals surface area contributed by atoms with E-state index in [4.69, 9.17) is 16.3 Å². The van der Waals surface area contributed by atoms with Gasteiger partial charge in [0.2, 0.25) is 0 Å². The van der Waals surface area contributed by atoms with E-state index in [1.165, 1.54) is 12.1 Å². The average Bonchev–Trinajstić information content (AvgIpc) is 3.25. The molecule has 0 spiro atoms. The lowest BCUT2D eigenvalue weighted by atomic mass is 10.2. The molecule has 0 bridgehead atoms. The summed E-state index contributed by atoms with van der Waals surface area (Å²) in [6.07, 6.45) is 0. The van der Waals surface area contributed by atoms with E-state index in [1.807, 2.05) is 0 Å². The number of nitro benzene ring substituents is 1. The van der Waals surface area contributed by atoms with E-state index < -0.39 is 21.6 Å². The first-order chi connectivity index (χ1) is 14.4. The molecule has 4 rings (SSSR count). The van der Waals surface area contributed by atoms with Gasteiger partial charge in [-0.05, 0) is 30.3 Å². The maximum atomic E-state index is 12.9. The van der Waals surface area contributed by atoms with E-state index in [-0.39, 0.29) is 22.0 Å². The van der Waals surface area contributed by atoms with E-state index in [1.54, 1.807) is 36.1 Å². The molecular weight excluding hydrogens is 432 g/mol. The van der Waals surface area contributed by atoms with Crippen molar-refractivity contribution in [2.75, 3.05) is 12.4 Å². The summed E-state index contributed by atoms with van der Waals surface area (Å²) in [7, 11) is 0.452. The molecule has 154 valence electrons. The standard InChI is InChI=1S/C19H15ClN4O5S/c1-29-13-5-2-11(3-6-13)23-18(15-9-30(28)10-17(15)22-23)21-19(25)14-8-12(24(26)27)4-7-16(14)20/h2-8H,9-10H2,1H3,(H,21,25). The number of amides is 1. The fourth-order valence-electron chi connectivity index (χ4n) is 3.14. The Kier molecular flexibility index (Phi) is 5.27. The molecular formula is C19H15ClN4O5S. The third-order valence-electron chi connectivity index (χ3n) is 4.62. The number of hydrogen-bond acceptors (Lipinski definition) is 6. The summed E-state index contributed by atoms with van der Waals surface area (Å²) in [5.41, 5.74) is 1.67. The van der Waals surface area contributed by atoms with Crippen molar-refractivity contribution in [1.82, 2.24) is 9.78 Å². The van der Waals surface area contributed by atoms with Crippen molar-refractivity contribution >= 4 is 39.8 Å². The van der Waals surface area contributed by atoms with Gasteiger partial charge >= 0.3 is 0 Å². The smallest absolute Gasteiger partial charge is 0.270 e. The number of aromatic nitrogens is 2. The average molecular weight is 447 g/mol. The molecule has 2 aromatic carbocycles. The second-order valence-corrected chi connectivity index (χ2v) is 8.35. The van der Waals surface area contributed by atoms with Crippen LogP contribution in [0.5, 0.6) is 5.75 Å². The molecule has 0 saturated heterocycles. The monoisotopic (exact) mass is 446 g/mol. The van der Waals surface area contributed by atoms with Gasteiger partial charge in [-0.25, -0.2) is 4.68 Å². The molecule has 30 heavy (non-hydrogen) atoms. The fourth-order valence-corrected chi connectivity index (χ4v) is 4.61. The molecule has 1 aromatic heterocycles. The highest BCUT2D eigenvalue weighted by atomic mass is 35.5. The van der Waals surface area contributed by atoms with Gasteiger partial charge in [-0.15, -0.1) is 0 Å². The maximum absolute atomic E-state index is 12.9. The third kappa shape index (κ3) is 3.66. The van der Waals surface area contributed by atoms with Gasteiger partial charge in [-0.1, -0.05) is 11.6 Å². The van der Waals surface area contributed by atoms with Crippen molar-refractivity contribution in [3.05, 3.63) is 74.4 Å². The Bertz CT molecular complexity index is 1190. The molecule has 1 amide bonds. The number of benzene rings is 2. The second kappa shape index (κ2) is 7.88. The molecule has 0 fully saturated rings. The van der Waals surface area contributed by atoms with Crippen LogP contribution in [-0.2, 0) is 22.3 Å². The van der Waals surface area contributed by atoms with Crippen molar-refractivity contribution in [3.8, 4) is 11.4 Å². The molecule has 1 N–H and O–H groups in total. The topological polar surface area (TPSA) is 116 Å². The SMILES string of the molecule is COc1ccc(-n2nc3c(c2NC(=O)c2cc([N+](=O)[O-])ccc2Cl)CS(=O)C3)cc1. The molecule has 0 aliphatic carbocycles.